The molecule has 0 radical (unpaired) electrons. The number of aryl methyl sites for hydroxylation is 1. The van der Waals surface area contributed by atoms with E-state index < -0.39 is 0 Å². The lowest BCUT2D eigenvalue weighted by Crippen LogP contribution is -2.09. The molecule has 1 aromatic carbocycles. The number of rotatable bonds is 2. The number of benzene rings is 1. The summed E-state index contributed by atoms with van der Waals surface area (Å²) in [4.78, 5) is 21.3. The van der Waals surface area contributed by atoms with Crippen LogP contribution >= 0.6 is 0 Å². The third kappa shape index (κ3) is 2.40. The van der Waals surface area contributed by atoms with Crippen molar-refractivity contribution in [1.29, 1.82) is 0 Å². The molecule has 0 aliphatic heterocycles. The monoisotopic (exact) mass is 279 g/mol. The molecular weight excluding hydrogens is 262 g/mol. The highest BCUT2D eigenvalue weighted by Gasteiger charge is 2.09. The van der Waals surface area contributed by atoms with E-state index in [4.69, 9.17) is 0 Å². The molecule has 21 heavy (non-hydrogen) atoms. The van der Waals surface area contributed by atoms with Crippen molar-refractivity contribution in [3.63, 3.8) is 0 Å². The van der Waals surface area contributed by atoms with Crippen LogP contribution in [-0.4, -0.2) is 24.1 Å². The lowest BCUT2D eigenvalue weighted by molar-refractivity contribution is 1.13. The first-order valence-electron chi connectivity index (χ1n) is 6.83. The number of aromatic nitrogens is 2. The molecule has 0 amide bonds. The van der Waals surface area contributed by atoms with Crippen LogP contribution in [0.5, 0.6) is 0 Å². The Morgan fingerprint density at radius 2 is 1.95 bits per heavy atom. The number of aromatic amines is 1. The Morgan fingerprint density at radius 3 is 2.67 bits per heavy atom. The largest absolute Gasteiger partial charge is 0.378 e. The van der Waals surface area contributed by atoms with Crippen molar-refractivity contribution in [2.45, 2.75) is 6.92 Å². The summed E-state index contributed by atoms with van der Waals surface area (Å²) in [6, 6.07) is 11.8. The van der Waals surface area contributed by atoms with Crippen molar-refractivity contribution in [1.82, 2.24) is 9.97 Å². The minimum Gasteiger partial charge on any atom is -0.378 e. The molecule has 4 nitrogen and oxygen atoms in total. The summed E-state index contributed by atoms with van der Waals surface area (Å²) in [6.45, 7) is 2.04. The van der Waals surface area contributed by atoms with Crippen molar-refractivity contribution < 1.29 is 0 Å². The first-order chi connectivity index (χ1) is 10.1. The number of H-pyrrole nitrogens is 1. The van der Waals surface area contributed by atoms with E-state index in [1.807, 2.05) is 44.1 Å². The van der Waals surface area contributed by atoms with Crippen LogP contribution in [0.15, 0.2) is 47.4 Å². The highest BCUT2D eigenvalue weighted by molar-refractivity contribution is 5.87. The Balaban J connectivity index is 2.26. The summed E-state index contributed by atoms with van der Waals surface area (Å²) in [5, 5.41) is 1.11. The SMILES string of the molecule is Cc1cc(-c2ccc[nH]c2=O)nc2cc(N(C)C)ccc12. The van der Waals surface area contributed by atoms with E-state index in [0.29, 0.717) is 11.3 Å². The first-order valence-corrected chi connectivity index (χ1v) is 6.83. The highest BCUT2D eigenvalue weighted by atomic mass is 16.1. The van der Waals surface area contributed by atoms with Gasteiger partial charge in [0.05, 0.1) is 16.8 Å². The van der Waals surface area contributed by atoms with Gasteiger partial charge in [0, 0.05) is 31.4 Å². The summed E-state index contributed by atoms with van der Waals surface area (Å²) in [7, 11) is 4.00. The second kappa shape index (κ2) is 5.05. The summed E-state index contributed by atoms with van der Waals surface area (Å²) < 4.78 is 0. The van der Waals surface area contributed by atoms with Crippen molar-refractivity contribution in [3.8, 4) is 11.3 Å². The number of fused-ring (bicyclic) bond motifs is 1. The molecule has 1 N–H and O–H groups in total. The van der Waals surface area contributed by atoms with Gasteiger partial charge in [0.1, 0.15) is 0 Å². The van der Waals surface area contributed by atoms with Crippen molar-refractivity contribution in [2.24, 2.45) is 0 Å². The molecule has 0 bridgehead atoms. The molecule has 0 fully saturated rings. The van der Waals surface area contributed by atoms with Crippen LogP contribution in [-0.2, 0) is 0 Å². The van der Waals surface area contributed by atoms with E-state index in [0.717, 1.165) is 22.2 Å². The standard InChI is InChI=1S/C17H17N3O/c1-11-9-15(14-5-4-8-18-17(14)21)19-16-10-12(20(2)3)6-7-13(11)16/h4-10H,1-3H3,(H,18,21). The maximum Gasteiger partial charge on any atom is 0.257 e. The van der Waals surface area contributed by atoms with Gasteiger partial charge in [-0.25, -0.2) is 4.98 Å². The normalized spacial score (nSPS) is 10.8. The molecule has 106 valence electrons. The molecule has 0 aliphatic rings. The number of anilines is 1. The lowest BCUT2D eigenvalue weighted by Gasteiger charge is -2.14. The first kappa shape index (κ1) is 13.4. The van der Waals surface area contributed by atoms with Crippen molar-refractivity contribution in [2.75, 3.05) is 19.0 Å². The lowest BCUT2D eigenvalue weighted by atomic mass is 10.1. The van der Waals surface area contributed by atoms with Gasteiger partial charge in [-0.05, 0) is 42.8 Å². The zero-order valence-electron chi connectivity index (χ0n) is 12.3. The molecule has 4 heteroatoms. The second-order valence-electron chi connectivity index (χ2n) is 5.33. The van der Waals surface area contributed by atoms with Crippen LogP contribution in [0, 0.1) is 6.92 Å². The fraction of sp³-hybridized carbons (Fsp3) is 0.176. The highest BCUT2D eigenvalue weighted by Crippen LogP contribution is 2.25. The average Bonchev–Trinajstić information content (AvgIpc) is 2.47. The summed E-state index contributed by atoms with van der Waals surface area (Å²) in [5.41, 5.74) is 4.29. The molecular formula is C17H17N3O. The van der Waals surface area contributed by atoms with Crippen LogP contribution in [0.1, 0.15) is 5.56 Å². The number of hydrogen-bond donors (Lipinski definition) is 1. The third-order valence-corrected chi connectivity index (χ3v) is 3.61. The zero-order valence-corrected chi connectivity index (χ0v) is 12.3. The fourth-order valence-corrected chi connectivity index (χ4v) is 2.43. The molecule has 2 heterocycles. The third-order valence-electron chi connectivity index (χ3n) is 3.61. The van der Waals surface area contributed by atoms with Crippen molar-refractivity contribution in [3.05, 3.63) is 58.5 Å². The maximum atomic E-state index is 11.9. The summed E-state index contributed by atoms with van der Waals surface area (Å²) in [6.07, 6.45) is 1.63. The Kier molecular flexibility index (Phi) is 3.22. The van der Waals surface area contributed by atoms with Gasteiger partial charge in [0.2, 0.25) is 0 Å². The number of nitrogens with zero attached hydrogens (tertiary/aromatic N) is 2. The Labute approximate surface area is 123 Å². The minimum atomic E-state index is -0.118. The van der Waals surface area contributed by atoms with E-state index in [1.54, 1.807) is 12.3 Å². The molecule has 2 aromatic heterocycles. The number of nitrogens with one attached hydrogen (secondary N) is 1. The predicted octanol–water partition coefficient (Wildman–Crippen LogP) is 2.96. The Bertz CT molecular complexity index is 865. The van der Waals surface area contributed by atoms with Crippen LogP contribution in [0.4, 0.5) is 5.69 Å². The van der Waals surface area contributed by atoms with Gasteiger partial charge in [-0.3, -0.25) is 4.79 Å². The number of pyridine rings is 2. The van der Waals surface area contributed by atoms with Gasteiger partial charge >= 0.3 is 0 Å². The van der Waals surface area contributed by atoms with Crippen LogP contribution in [0.25, 0.3) is 22.2 Å². The average molecular weight is 279 g/mol. The van der Waals surface area contributed by atoms with Gasteiger partial charge < -0.3 is 9.88 Å². The Morgan fingerprint density at radius 1 is 1.14 bits per heavy atom. The molecule has 3 aromatic rings. The van der Waals surface area contributed by atoms with Gasteiger partial charge in [0.15, 0.2) is 0 Å². The summed E-state index contributed by atoms with van der Waals surface area (Å²) in [5.74, 6) is 0. The molecule has 0 aliphatic carbocycles. The quantitative estimate of drug-likeness (QED) is 0.784. The Hall–Kier alpha value is -2.62. The smallest absolute Gasteiger partial charge is 0.257 e. The topological polar surface area (TPSA) is 49.0 Å². The van der Waals surface area contributed by atoms with E-state index >= 15 is 0 Å². The van der Waals surface area contributed by atoms with Gasteiger partial charge in [-0.2, -0.15) is 0 Å². The second-order valence-corrected chi connectivity index (χ2v) is 5.33. The number of hydrogen-bond acceptors (Lipinski definition) is 3. The van der Waals surface area contributed by atoms with E-state index in [1.165, 1.54) is 0 Å². The molecule has 0 atom stereocenters. The van der Waals surface area contributed by atoms with Crippen LogP contribution < -0.4 is 10.5 Å². The predicted molar refractivity (Wildman–Crippen MR) is 86.9 cm³/mol. The molecule has 3 rings (SSSR count). The van der Waals surface area contributed by atoms with E-state index in [2.05, 4.69) is 22.1 Å². The molecule has 0 spiro atoms. The maximum absolute atomic E-state index is 11.9. The minimum absolute atomic E-state index is 0.118. The molecule has 0 unspecified atom stereocenters. The van der Waals surface area contributed by atoms with Gasteiger partial charge in [-0.15, -0.1) is 0 Å². The van der Waals surface area contributed by atoms with Gasteiger partial charge in [-0.1, -0.05) is 6.07 Å². The fourth-order valence-electron chi connectivity index (χ4n) is 2.43. The van der Waals surface area contributed by atoms with Gasteiger partial charge in [0.25, 0.3) is 5.56 Å². The zero-order chi connectivity index (χ0) is 15.0. The summed E-state index contributed by atoms with van der Waals surface area (Å²) >= 11 is 0. The van der Waals surface area contributed by atoms with Crippen molar-refractivity contribution >= 4 is 16.6 Å². The molecule has 0 saturated heterocycles. The molecule has 0 saturated carbocycles. The van der Waals surface area contributed by atoms with E-state index in [9.17, 15) is 4.79 Å². The van der Waals surface area contributed by atoms with E-state index in [-0.39, 0.29) is 5.56 Å². The van der Waals surface area contributed by atoms with Crippen LogP contribution in [0.3, 0.4) is 0 Å². The van der Waals surface area contributed by atoms with Crippen LogP contribution in [0.2, 0.25) is 0 Å².